The molecule has 0 unspecified atom stereocenters. The van der Waals surface area contributed by atoms with E-state index in [1.807, 2.05) is 12.1 Å². The molecular weight excluding hydrogens is 378 g/mol. The number of carbonyl (C=O) groups is 2. The van der Waals surface area contributed by atoms with Gasteiger partial charge in [0.1, 0.15) is 5.00 Å². The van der Waals surface area contributed by atoms with Crippen LogP contribution in [-0.2, 0) is 9.53 Å². The van der Waals surface area contributed by atoms with E-state index in [2.05, 4.69) is 24.3 Å². The van der Waals surface area contributed by atoms with Crippen LogP contribution in [0.25, 0.3) is 16.5 Å². The fraction of sp³-hybridized carbons (Fsp3) is 0.300. The summed E-state index contributed by atoms with van der Waals surface area (Å²) in [7, 11) is 0. The van der Waals surface area contributed by atoms with Gasteiger partial charge < -0.3 is 10.1 Å². The van der Waals surface area contributed by atoms with Crippen LogP contribution in [0.3, 0.4) is 0 Å². The van der Waals surface area contributed by atoms with Gasteiger partial charge >= 0.3 is 5.97 Å². The Hall–Kier alpha value is -3.00. The van der Waals surface area contributed by atoms with Crippen molar-refractivity contribution in [2.45, 2.75) is 33.6 Å². The predicted octanol–water partition coefficient (Wildman–Crippen LogP) is 3.71. The number of hydrogen-bond donors (Lipinski definition) is 1. The van der Waals surface area contributed by atoms with Gasteiger partial charge in [0, 0.05) is 17.7 Å². The summed E-state index contributed by atoms with van der Waals surface area (Å²) in [6.45, 7) is 7.41. The average molecular weight is 399 g/mol. The fourth-order valence-electron chi connectivity index (χ4n) is 2.83. The van der Waals surface area contributed by atoms with Gasteiger partial charge in [0.15, 0.2) is 5.69 Å². The van der Waals surface area contributed by atoms with Crippen LogP contribution in [0.1, 0.15) is 49.7 Å². The first-order valence-corrected chi connectivity index (χ1v) is 9.81. The lowest BCUT2D eigenvalue weighted by atomic mass is 10.0. The van der Waals surface area contributed by atoms with E-state index in [0.717, 1.165) is 5.56 Å². The number of fused-ring (bicyclic) bond motifs is 1. The number of hydrogen-bond acceptors (Lipinski definition) is 6. The molecule has 2 aromatic heterocycles. The number of carbonyl (C=O) groups excluding carboxylic acids is 2. The summed E-state index contributed by atoms with van der Waals surface area (Å²) in [4.78, 5) is 37.1. The van der Waals surface area contributed by atoms with Crippen molar-refractivity contribution in [3.8, 4) is 5.69 Å². The summed E-state index contributed by atoms with van der Waals surface area (Å²) >= 11 is 1.17. The minimum absolute atomic E-state index is 0.0391. The monoisotopic (exact) mass is 399 g/mol. The predicted molar refractivity (Wildman–Crippen MR) is 110 cm³/mol. The molecular formula is C20H21N3O4S. The van der Waals surface area contributed by atoms with Gasteiger partial charge in [0.05, 0.1) is 17.7 Å². The molecule has 7 nitrogen and oxygen atoms in total. The molecule has 1 N–H and O–H groups in total. The lowest BCUT2D eigenvalue weighted by Crippen LogP contribution is -2.25. The number of rotatable bonds is 5. The van der Waals surface area contributed by atoms with Gasteiger partial charge in [-0.2, -0.15) is 9.78 Å². The first-order valence-electron chi connectivity index (χ1n) is 8.93. The highest BCUT2D eigenvalue weighted by Gasteiger charge is 2.22. The molecule has 3 aromatic rings. The maximum Gasteiger partial charge on any atom is 0.359 e. The van der Waals surface area contributed by atoms with Crippen LogP contribution >= 0.6 is 11.3 Å². The fourth-order valence-corrected chi connectivity index (χ4v) is 3.81. The minimum Gasteiger partial charge on any atom is -0.461 e. The molecule has 8 heteroatoms. The smallest absolute Gasteiger partial charge is 0.359 e. The van der Waals surface area contributed by atoms with Crippen molar-refractivity contribution in [1.82, 2.24) is 9.78 Å². The summed E-state index contributed by atoms with van der Waals surface area (Å²) in [6.07, 6.45) is 0. The van der Waals surface area contributed by atoms with Gasteiger partial charge in [-0.1, -0.05) is 26.0 Å². The van der Waals surface area contributed by atoms with Gasteiger partial charge in [-0.3, -0.25) is 9.59 Å². The summed E-state index contributed by atoms with van der Waals surface area (Å²) in [5, 5.41) is 9.56. The number of nitrogens with one attached hydrogen (secondary N) is 1. The summed E-state index contributed by atoms with van der Waals surface area (Å²) in [6, 6.07) is 7.42. The van der Waals surface area contributed by atoms with Crippen LogP contribution < -0.4 is 10.9 Å². The third-order valence-electron chi connectivity index (χ3n) is 4.22. The Morgan fingerprint density at radius 1 is 1.25 bits per heavy atom. The quantitative estimate of drug-likeness (QED) is 0.661. The summed E-state index contributed by atoms with van der Waals surface area (Å²) in [5.74, 6) is -0.572. The van der Waals surface area contributed by atoms with Crippen molar-refractivity contribution in [1.29, 1.82) is 0 Å². The van der Waals surface area contributed by atoms with E-state index in [1.165, 1.54) is 22.9 Å². The second-order valence-electron chi connectivity index (χ2n) is 6.57. The van der Waals surface area contributed by atoms with Crippen molar-refractivity contribution in [2.24, 2.45) is 0 Å². The highest BCUT2D eigenvalue weighted by Crippen LogP contribution is 2.30. The molecule has 0 aliphatic carbocycles. The van der Waals surface area contributed by atoms with Crippen molar-refractivity contribution in [3.63, 3.8) is 0 Å². The molecule has 2 heterocycles. The Kier molecular flexibility index (Phi) is 5.60. The highest BCUT2D eigenvalue weighted by atomic mass is 32.1. The van der Waals surface area contributed by atoms with Gasteiger partial charge in [0.2, 0.25) is 5.91 Å². The first kappa shape index (κ1) is 19.8. The Bertz CT molecular complexity index is 1100. The first-order chi connectivity index (χ1) is 13.3. The molecule has 0 spiro atoms. The largest absolute Gasteiger partial charge is 0.461 e. The molecule has 0 saturated carbocycles. The molecule has 1 amide bonds. The molecule has 0 aliphatic heterocycles. The molecule has 1 aromatic carbocycles. The van der Waals surface area contributed by atoms with Gasteiger partial charge in [-0.25, -0.2) is 4.79 Å². The second-order valence-corrected chi connectivity index (χ2v) is 7.45. The lowest BCUT2D eigenvalue weighted by Gasteiger charge is -2.11. The van der Waals surface area contributed by atoms with Crippen LogP contribution in [-0.4, -0.2) is 28.3 Å². The minimum atomic E-state index is -0.618. The maximum atomic E-state index is 13.1. The Morgan fingerprint density at radius 3 is 2.50 bits per heavy atom. The van der Waals surface area contributed by atoms with Crippen LogP contribution in [0.15, 0.2) is 34.4 Å². The zero-order valence-electron chi connectivity index (χ0n) is 16.1. The third-order valence-corrected chi connectivity index (χ3v) is 5.11. The molecule has 0 radical (unpaired) electrons. The zero-order valence-corrected chi connectivity index (χ0v) is 16.9. The van der Waals surface area contributed by atoms with E-state index in [9.17, 15) is 14.4 Å². The topological polar surface area (TPSA) is 90.3 Å². The number of thiophene rings is 1. The molecule has 0 aliphatic rings. The van der Waals surface area contributed by atoms with E-state index >= 15 is 0 Å². The molecule has 3 rings (SSSR count). The zero-order chi connectivity index (χ0) is 20.4. The van der Waals surface area contributed by atoms with Crippen molar-refractivity contribution < 1.29 is 14.3 Å². The molecule has 28 heavy (non-hydrogen) atoms. The van der Waals surface area contributed by atoms with E-state index in [4.69, 9.17) is 4.74 Å². The number of esters is 1. The molecule has 0 saturated heterocycles. The number of ether oxygens (including phenoxy) is 1. The second kappa shape index (κ2) is 7.93. The van der Waals surface area contributed by atoms with Gasteiger partial charge in [0.25, 0.3) is 5.56 Å². The van der Waals surface area contributed by atoms with E-state index < -0.39 is 11.5 Å². The SMILES string of the molecule is CCOC(=O)c1nn(-c2ccc(C(C)C)cc2)c(=O)c2c(NC(C)=O)scc12. The van der Waals surface area contributed by atoms with Crippen LogP contribution in [0.5, 0.6) is 0 Å². The van der Waals surface area contributed by atoms with Crippen molar-refractivity contribution in [3.05, 3.63) is 51.3 Å². The number of anilines is 1. The normalized spacial score (nSPS) is 11.0. The molecule has 0 atom stereocenters. The van der Waals surface area contributed by atoms with E-state index in [1.54, 1.807) is 24.4 Å². The Labute approximate surface area is 165 Å². The van der Waals surface area contributed by atoms with E-state index in [-0.39, 0.29) is 23.6 Å². The van der Waals surface area contributed by atoms with E-state index in [0.29, 0.717) is 22.0 Å². The number of benzene rings is 1. The molecule has 0 bridgehead atoms. The Morgan fingerprint density at radius 2 is 1.93 bits per heavy atom. The number of nitrogens with zero attached hydrogens (tertiary/aromatic N) is 2. The summed E-state index contributed by atoms with van der Waals surface area (Å²) < 4.78 is 6.29. The average Bonchev–Trinajstić information content (AvgIpc) is 3.06. The molecule has 0 fully saturated rings. The number of amides is 1. The van der Waals surface area contributed by atoms with Gasteiger partial charge in [-0.05, 0) is 30.5 Å². The lowest BCUT2D eigenvalue weighted by molar-refractivity contribution is -0.114. The number of aromatic nitrogens is 2. The van der Waals surface area contributed by atoms with Crippen LogP contribution in [0, 0.1) is 0 Å². The standard InChI is InChI=1S/C20H21N3O4S/c1-5-27-20(26)17-15-10-28-18(21-12(4)24)16(15)19(25)23(22-17)14-8-6-13(7-9-14)11(2)3/h6-11H,5H2,1-4H3,(H,21,24). The van der Waals surface area contributed by atoms with Crippen molar-refractivity contribution in [2.75, 3.05) is 11.9 Å². The Balaban J connectivity index is 2.27. The van der Waals surface area contributed by atoms with Gasteiger partial charge in [-0.15, -0.1) is 11.3 Å². The van der Waals surface area contributed by atoms with Crippen molar-refractivity contribution >= 4 is 39.0 Å². The van der Waals surface area contributed by atoms with Crippen LogP contribution in [0.4, 0.5) is 5.00 Å². The maximum absolute atomic E-state index is 13.1. The third kappa shape index (κ3) is 3.68. The highest BCUT2D eigenvalue weighted by molar-refractivity contribution is 7.16. The molecule has 146 valence electrons. The summed E-state index contributed by atoms with van der Waals surface area (Å²) in [5.41, 5.74) is 1.28. The van der Waals surface area contributed by atoms with Crippen LogP contribution in [0.2, 0.25) is 0 Å².